The van der Waals surface area contributed by atoms with Crippen molar-refractivity contribution in [1.29, 1.82) is 0 Å². The SMILES string of the molecule is OCc1cc2ccccc2nc1Oc1cccc(I)c1. The molecule has 0 saturated carbocycles. The molecule has 20 heavy (non-hydrogen) atoms. The fourth-order valence-corrected chi connectivity index (χ4v) is 2.50. The van der Waals surface area contributed by atoms with E-state index in [1.807, 2.05) is 54.6 Å². The summed E-state index contributed by atoms with van der Waals surface area (Å²) in [6.07, 6.45) is 0. The number of halogens is 1. The van der Waals surface area contributed by atoms with Crippen LogP contribution in [0.4, 0.5) is 0 Å². The number of nitrogens with zero attached hydrogens (tertiary/aromatic N) is 1. The van der Waals surface area contributed by atoms with Crippen molar-refractivity contribution in [3.63, 3.8) is 0 Å². The van der Waals surface area contributed by atoms with Crippen molar-refractivity contribution in [2.75, 3.05) is 0 Å². The molecule has 3 nitrogen and oxygen atoms in total. The first-order valence-corrected chi connectivity index (χ1v) is 7.27. The Hall–Kier alpha value is -1.66. The van der Waals surface area contributed by atoms with Gasteiger partial charge in [-0.3, -0.25) is 0 Å². The number of aliphatic hydroxyl groups excluding tert-OH is 1. The Morgan fingerprint density at radius 3 is 2.70 bits per heavy atom. The van der Waals surface area contributed by atoms with Crippen molar-refractivity contribution in [3.8, 4) is 11.6 Å². The van der Waals surface area contributed by atoms with Gasteiger partial charge < -0.3 is 9.84 Å². The number of hydrogen-bond acceptors (Lipinski definition) is 3. The van der Waals surface area contributed by atoms with Gasteiger partial charge in [-0.25, -0.2) is 4.98 Å². The molecule has 3 rings (SSSR count). The molecule has 0 atom stereocenters. The number of hydrogen-bond donors (Lipinski definition) is 1. The fourth-order valence-electron chi connectivity index (χ4n) is 1.99. The van der Waals surface area contributed by atoms with Crippen molar-refractivity contribution in [1.82, 2.24) is 4.98 Å². The largest absolute Gasteiger partial charge is 0.439 e. The maximum atomic E-state index is 9.49. The van der Waals surface area contributed by atoms with Crippen LogP contribution in [-0.4, -0.2) is 10.1 Å². The molecule has 2 aromatic carbocycles. The standard InChI is InChI=1S/C16H12INO2/c17-13-5-3-6-14(9-13)20-16-12(10-19)8-11-4-1-2-7-15(11)18-16/h1-9,19H,10H2. The number of aliphatic hydroxyl groups is 1. The van der Waals surface area contributed by atoms with Crippen molar-refractivity contribution < 1.29 is 9.84 Å². The number of pyridine rings is 1. The van der Waals surface area contributed by atoms with Crippen LogP contribution in [0.15, 0.2) is 54.6 Å². The summed E-state index contributed by atoms with van der Waals surface area (Å²) in [6.45, 7) is -0.100. The van der Waals surface area contributed by atoms with Crippen molar-refractivity contribution in [2.45, 2.75) is 6.61 Å². The van der Waals surface area contributed by atoms with Gasteiger partial charge in [-0.05, 0) is 52.9 Å². The molecule has 0 radical (unpaired) electrons. The number of aromatic nitrogens is 1. The zero-order chi connectivity index (χ0) is 13.9. The number of ether oxygens (including phenoxy) is 1. The molecule has 0 saturated heterocycles. The zero-order valence-electron chi connectivity index (χ0n) is 10.6. The van der Waals surface area contributed by atoms with Gasteiger partial charge >= 0.3 is 0 Å². The van der Waals surface area contributed by atoms with E-state index < -0.39 is 0 Å². The lowest BCUT2D eigenvalue weighted by molar-refractivity contribution is 0.275. The lowest BCUT2D eigenvalue weighted by Crippen LogP contribution is -1.96. The van der Waals surface area contributed by atoms with Gasteiger partial charge in [0.2, 0.25) is 5.88 Å². The monoisotopic (exact) mass is 377 g/mol. The van der Waals surface area contributed by atoms with Crippen LogP contribution < -0.4 is 4.74 Å². The molecule has 0 fully saturated rings. The zero-order valence-corrected chi connectivity index (χ0v) is 12.7. The van der Waals surface area contributed by atoms with Crippen LogP contribution in [0.1, 0.15) is 5.56 Å². The van der Waals surface area contributed by atoms with Gasteiger partial charge in [0.15, 0.2) is 0 Å². The quantitative estimate of drug-likeness (QED) is 0.699. The summed E-state index contributed by atoms with van der Waals surface area (Å²) >= 11 is 2.23. The van der Waals surface area contributed by atoms with Gasteiger partial charge in [-0.15, -0.1) is 0 Å². The third-order valence-electron chi connectivity index (χ3n) is 2.94. The predicted octanol–water partition coefficient (Wildman–Crippen LogP) is 4.12. The van der Waals surface area contributed by atoms with Gasteiger partial charge in [-0.2, -0.15) is 0 Å². The van der Waals surface area contributed by atoms with Crippen molar-refractivity contribution in [2.24, 2.45) is 0 Å². The third kappa shape index (κ3) is 2.76. The third-order valence-corrected chi connectivity index (χ3v) is 3.62. The highest BCUT2D eigenvalue weighted by atomic mass is 127. The van der Waals surface area contributed by atoms with Crippen LogP contribution in [0.3, 0.4) is 0 Å². The van der Waals surface area contributed by atoms with Crippen LogP contribution in [0.2, 0.25) is 0 Å². The predicted molar refractivity (Wildman–Crippen MR) is 86.9 cm³/mol. The van der Waals surface area contributed by atoms with E-state index in [0.717, 1.165) is 20.2 Å². The maximum Gasteiger partial charge on any atom is 0.225 e. The summed E-state index contributed by atoms with van der Waals surface area (Å²) in [6, 6.07) is 17.4. The molecule has 0 bridgehead atoms. The Labute approximate surface area is 130 Å². The molecule has 1 N–H and O–H groups in total. The second-order valence-electron chi connectivity index (χ2n) is 4.36. The van der Waals surface area contributed by atoms with Crippen LogP contribution in [0.5, 0.6) is 11.6 Å². The highest BCUT2D eigenvalue weighted by Crippen LogP contribution is 2.27. The van der Waals surface area contributed by atoms with E-state index in [2.05, 4.69) is 27.6 Å². The minimum Gasteiger partial charge on any atom is -0.439 e. The van der Waals surface area contributed by atoms with Crippen LogP contribution in [0, 0.1) is 3.57 Å². The number of fused-ring (bicyclic) bond motifs is 1. The highest BCUT2D eigenvalue weighted by Gasteiger charge is 2.08. The van der Waals surface area contributed by atoms with Gasteiger partial charge in [0.1, 0.15) is 5.75 Å². The summed E-state index contributed by atoms with van der Waals surface area (Å²) in [5, 5.41) is 10.5. The summed E-state index contributed by atoms with van der Waals surface area (Å²) < 4.78 is 6.90. The molecule has 0 spiro atoms. The molecule has 0 aliphatic heterocycles. The van der Waals surface area contributed by atoms with E-state index in [1.165, 1.54) is 0 Å². The minimum absolute atomic E-state index is 0.100. The summed E-state index contributed by atoms with van der Waals surface area (Å²) in [7, 11) is 0. The molecular formula is C16H12INO2. The Balaban J connectivity index is 2.05. The average Bonchev–Trinajstić information content (AvgIpc) is 2.46. The Morgan fingerprint density at radius 1 is 1.05 bits per heavy atom. The summed E-state index contributed by atoms with van der Waals surface area (Å²) in [5.41, 5.74) is 1.54. The van der Waals surface area contributed by atoms with Gasteiger partial charge in [-0.1, -0.05) is 24.3 Å². The molecule has 0 aliphatic carbocycles. The Kier molecular flexibility index (Phi) is 3.84. The summed E-state index contributed by atoms with van der Waals surface area (Å²) in [5.74, 6) is 1.17. The molecule has 4 heteroatoms. The van der Waals surface area contributed by atoms with E-state index in [1.54, 1.807) is 0 Å². The Bertz CT molecular complexity index is 758. The molecule has 3 aromatic rings. The van der Waals surface area contributed by atoms with Crippen LogP contribution >= 0.6 is 22.6 Å². The fraction of sp³-hybridized carbons (Fsp3) is 0.0625. The molecule has 0 unspecified atom stereocenters. The maximum absolute atomic E-state index is 9.49. The van der Waals surface area contributed by atoms with Crippen molar-refractivity contribution in [3.05, 3.63) is 63.7 Å². The average molecular weight is 377 g/mol. The highest BCUT2D eigenvalue weighted by molar-refractivity contribution is 14.1. The first kappa shape index (κ1) is 13.3. The second kappa shape index (κ2) is 5.76. The molecule has 1 aromatic heterocycles. The number of para-hydroxylation sites is 1. The van der Waals surface area contributed by atoms with E-state index in [0.29, 0.717) is 11.4 Å². The first-order chi connectivity index (χ1) is 9.76. The smallest absolute Gasteiger partial charge is 0.225 e. The molecule has 0 amide bonds. The molecular weight excluding hydrogens is 365 g/mol. The first-order valence-electron chi connectivity index (χ1n) is 6.19. The van der Waals surface area contributed by atoms with E-state index >= 15 is 0 Å². The van der Waals surface area contributed by atoms with Gasteiger partial charge in [0, 0.05) is 14.5 Å². The molecule has 100 valence electrons. The van der Waals surface area contributed by atoms with Crippen LogP contribution in [-0.2, 0) is 6.61 Å². The normalized spacial score (nSPS) is 10.7. The number of rotatable bonds is 3. The van der Waals surface area contributed by atoms with Crippen LogP contribution in [0.25, 0.3) is 10.9 Å². The number of benzene rings is 2. The minimum atomic E-state index is -0.100. The topological polar surface area (TPSA) is 42.4 Å². The summed E-state index contributed by atoms with van der Waals surface area (Å²) in [4.78, 5) is 4.49. The van der Waals surface area contributed by atoms with E-state index in [4.69, 9.17) is 4.74 Å². The van der Waals surface area contributed by atoms with E-state index in [9.17, 15) is 5.11 Å². The molecule has 0 aliphatic rings. The molecule has 1 heterocycles. The van der Waals surface area contributed by atoms with Crippen molar-refractivity contribution >= 4 is 33.5 Å². The van der Waals surface area contributed by atoms with E-state index in [-0.39, 0.29) is 6.61 Å². The van der Waals surface area contributed by atoms with Gasteiger partial charge in [0.05, 0.1) is 12.1 Å². The second-order valence-corrected chi connectivity index (χ2v) is 5.61. The van der Waals surface area contributed by atoms with Gasteiger partial charge in [0.25, 0.3) is 0 Å². The Morgan fingerprint density at radius 2 is 1.90 bits per heavy atom. The lowest BCUT2D eigenvalue weighted by atomic mass is 10.1. The lowest BCUT2D eigenvalue weighted by Gasteiger charge is -2.10.